The number of benzene rings is 1. The zero-order valence-electron chi connectivity index (χ0n) is 13.9. The first kappa shape index (κ1) is 16.0. The molecule has 0 aliphatic heterocycles. The number of amides is 1. The Morgan fingerprint density at radius 3 is 2.29 bits per heavy atom. The lowest BCUT2D eigenvalue weighted by atomic mass is 10.1. The molecule has 0 atom stereocenters. The van der Waals surface area contributed by atoms with Gasteiger partial charge in [0.2, 0.25) is 5.91 Å². The summed E-state index contributed by atoms with van der Waals surface area (Å²) in [6, 6.07) is 8.41. The van der Waals surface area contributed by atoms with E-state index >= 15 is 0 Å². The molecule has 0 fully saturated rings. The number of carbonyl (C=O) groups is 1. The predicted octanol–water partition coefficient (Wildman–Crippen LogP) is 3.82. The molecule has 0 saturated heterocycles. The van der Waals surface area contributed by atoms with Crippen molar-refractivity contribution in [2.24, 2.45) is 0 Å². The summed E-state index contributed by atoms with van der Waals surface area (Å²) in [5.41, 5.74) is 2.40. The monoisotopic (exact) mass is 318 g/mol. The van der Waals surface area contributed by atoms with Crippen molar-refractivity contribution in [2.45, 2.75) is 45.7 Å². The van der Waals surface area contributed by atoms with Crippen LogP contribution in [0, 0.1) is 0 Å². The van der Waals surface area contributed by atoms with Crippen molar-refractivity contribution < 1.29 is 4.79 Å². The zero-order valence-corrected chi connectivity index (χ0v) is 15.9. The van der Waals surface area contributed by atoms with E-state index in [0.29, 0.717) is 6.42 Å². The van der Waals surface area contributed by atoms with E-state index in [0.717, 1.165) is 5.56 Å². The summed E-state index contributed by atoms with van der Waals surface area (Å²) < 4.78 is 2.40. The SMILES string of the molecule is C[Si](C)(C)NC(=O)Cc1cn([Si](C)(C)C)c2ccccc12. The highest BCUT2D eigenvalue weighted by Gasteiger charge is 2.22. The fourth-order valence-electron chi connectivity index (χ4n) is 2.58. The van der Waals surface area contributed by atoms with E-state index in [-0.39, 0.29) is 5.91 Å². The number of para-hydroxylation sites is 1. The number of nitrogens with zero attached hydrogens (tertiary/aromatic N) is 1. The highest BCUT2D eigenvalue weighted by Crippen LogP contribution is 2.25. The second kappa shape index (κ2) is 5.46. The first-order chi connectivity index (χ1) is 9.58. The van der Waals surface area contributed by atoms with Gasteiger partial charge in [-0.05, 0) is 17.8 Å². The van der Waals surface area contributed by atoms with Gasteiger partial charge in [-0.25, -0.2) is 0 Å². The van der Waals surface area contributed by atoms with Crippen molar-refractivity contribution in [1.29, 1.82) is 0 Å². The average Bonchev–Trinajstić information content (AvgIpc) is 2.66. The largest absolute Gasteiger partial charge is 0.382 e. The van der Waals surface area contributed by atoms with Crippen LogP contribution in [0.1, 0.15) is 5.56 Å². The Hall–Kier alpha value is -1.34. The van der Waals surface area contributed by atoms with Gasteiger partial charge >= 0.3 is 0 Å². The fourth-order valence-corrected chi connectivity index (χ4v) is 4.97. The van der Waals surface area contributed by atoms with Gasteiger partial charge in [0.05, 0.1) is 6.42 Å². The molecule has 1 aromatic carbocycles. The Morgan fingerprint density at radius 1 is 1.10 bits per heavy atom. The van der Waals surface area contributed by atoms with E-state index < -0.39 is 16.5 Å². The van der Waals surface area contributed by atoms with Crippen LogP contribution in [0.4, 0.5) is 0 Å². The Bertz CT molecular complexity index is 663. The quantitative estimate of drug-likeness (QED) is 0.854. The highest BCUT2D eigenvalue weighted by molar-refractivity contribution is 6.76. The van der Waals surface area contributed by atoms with Gasteiger partial charge in [-0.15, -0.1) is 0 Å². The Labute approximate surface area is 129 Å². The summed E-state index contributed by atoms with van der Waals surface area (Å²) in [5, 5.41) is 1.21. The maximum atomic E-state index is 12.3. The van der Waals surface area contributed by atoms with Crippen LogP contribution in [0.5, 0.6) is 0 Å². The van der Waals surface area contributed by atoms with Crippen molar-refractivity contribution in [3.8, 4) is 0 Å². The molecule has 3 nitrogen and oxygen atoms in total. The van der Waals surface area contributed by atoms with Crippen molar-refractivity contribution >= 4 is 33.3 Å². The van der Waals surface area contributed by atoms with Crippen molar-refractivity contribution in [2.75, 3.05) is 0 Å². The molecule has 0 saturated carbocycles. The van der Waals surface area contributed by atoms with Gasteiger partial charge in [-0.3, -0.25) is 4.79 Å². The van der Waals surface area contributed by atoms with Gasteiger partial charge in [0.1, 0.15) is 8.24 Å². The van der Waals surface area contributed by atoms with Crippen LogP contribution >= 0.6 is 0 Å². The van der Waals surface area contributed by atoms with Crippen LogP contribution in [0.3, 0.4) is 0 Å². The lowest BCUT2D eigenvalue weighted by molar-refractivity contribution is -0.118. The minimum Gasteiger partial charge on any atom is -0.382 e. The van der Waals surface area contributed by atoms with E-state index in [9.17, 15) is 4.79 Å². The maximum absolute atomic E-state index is 12.3. The molecule has 114 valence electrons. The zero-order chi connectivity index (χ0) is 15.8. The van der Waals surface area contributed by atoms with Crippen molar-refractivity contribution in [3.05, 3.63) is 36.0 Å². The predicted molar refractivity (Wildman–Crippen MR) is 95.9 cm³/mol. The lowest BCUT2D eigenvalue weighted by Crippen LogP contribution is -2.45. The number of rotatable bonds is 4. The molecule has 2 aromatic rings. The van der Waals surface area contributed by atoms with E-state index in [4.69, 9.17) is 0 Å². The Kier molecular flexibility index (Phi) is 4.17. The van der Waals surface area contributed by atoms with Crippen LogP contribution in [-0.4, -0.2) is 26.6 Å². The summed E-state index contributed by atoms with van der Waals surface area (Å²) in [5.74, 6) is 0.146. The van der Waals surface area contributed by atoms with E-state index in [1.165, 1.54) is 10.9 Å². The van der Waals surface area contributed by atoms with Gasteiger partial charge in [0.25, 0.3) is 0 Å². The molecule has 0 unspecified atom stereocenters. The molecule has 0 bridgehead atoms. The average molecular weight is 319 g/mol. The highest BCUT2D eigenvalue weighted by atomic mass is 28.3. The van der Waals surface area contributed by atoms with Crippen LogP contribution in [0.2, 0.25) is 39.3 Å². The van der Waals surface area contributed by atoms with Gasteiger partial charge in [0, 0.05) is 10.9 Å². The smallest absolute Gasteiger partial charge is 0.216 e. The molecule has 5 heteroatoms. The first-order valence-corrected chi connectivity index (χ1v) is 14.4. The van der Waals surface area contributed by atoms with Crippen LogP contribution < -0.4 is 4.98 Å². The molecule has 21 heavy (non-hydrogen) atoms. The summed E-state index contributed by atoms with van der Waals surface area (Å²) in [6.07, 6.45) is 2.67. The number of hydrogen-bond donors (Lipinski definition) is 1. The standard InChI is InChI=1S/C16H26N2OSi2/c1-20(2,3)17-16(19)11-13-12-18(21(4,5)6)15-10-8-7-9-14(13)15/h7-10,12H,11H2,1-6H3,(H,17,19). The van der Waals surface area contributed by atoms with Crippen LogP contribution in [-0.2, 0) is 11.2 Å². The number of aromatic nitrogens is 1. The van der Waals surface area contributed by atoms with Crippen LogP contribution in [0.25, 0.3) is 10.9 Å². The summed E-state index contributed by atoms with van der Waals surface area (Å²) in [6.45, 7) is 13.4. The van der Waals surface area contributed by atoms with E-state index in [1.54, 1.807) is 0 Å². The molecular weight excluding hydrogens is 292 g/mol. The van der Waals surface area contributed by atoms with Gasteiger partial charge in [0.15, 0.2) is 8.24 Å². The number of hydrogen-bond acceptors (Lipinski definition) is 1. The maximum Gasteiger partial charge on any atom is 0.216 e. The molecule has 0 aliphatic carbocycles. The summed E-state index contributed by atoms with van der Waals surface area (Å²) >= 11 is 0. The van der Waals surface area contributed by atoms with Crippen molar-refractivity contribution in [1.82, 2.24) is 9.22 Å². The second-order valence-corrected chi connectivity index (χ2v) is 17.3. The normalized spacial score (nSPS) is 12.7. The summed E-state index contributed by atoms with van der Waals surface area (Å²) in [7, 11) is -3.05. The van der Waals surface area contributed by atoms with Gasteiger partial charge < -0.3 is 9.22 Å². The second-order valence-electron chi connectivity index (χ2n) is 7.69. The first-order valence-electron chi connectivity index (χ1n) is 7.48. The lowest BCUT2D eigenvalue weighted by Gasteiger charge is -2.20. The number of fused-ring (bicyclic) bond motifs is 1. The molecule has 0 radical (unpaired) electrons. The number of nitrogens with one attached hydrogen (secondary N) is 1. The van der Waals surface area contributed by atoms with Crippen molar-refractivity contribution in [3.63, 3.8) is 0 Å². The van der Waals surface area contributed by atoms with Crippen LogP contribution in [0.15, 0.2) is 30.5 Å². The van der Waals surface area contributed by atoms with Gasteiger partial charge in [-0.1, -0.05) is 57.5 Å². The number of carbonyl (C=O) groups excluding carboxylic acids is 1. The Balaban J connectivity index is 2.39. The fraction of sp³-hybridized carbons (Fsp3) is 0.438. The molecule has 1 amide bonds. The third kappa shape index (κ3) is 3.86. The minimum absolute atomic E-state index is 0.146. The minimum atomic E-state index is -1.57. The van der Waals surface area contributed by atoms with E-state index in [1.807, 2.05) is 0 Å². The molecule has 1 N–H and O–H groups in total. The molecule has 0 spiro atoms. The topological polar surface area (TPSA) is 34.0 Å². The molecule has 2 rings (SSSR count). The Morgan fingerprint density at radius 2 is 1.71 bits per heavy atom. The van der Waals surface area contributed by atoms with Gasteiger partial charge in [-0.2, -0.15) is 0 Å². The molecule has 0 aliphatic rings. The third-order valence-corrected chi connectivity index (χ3v) is 6.23. The van der Waals surface area contributed by atoms with E-state index in [2.05, 4.69) is 79.0 Å². The molecule has 1 aromatic heterocycles. The molecule has 1 heterocycles. The molecular formula is C16H26N2OSi2. The third-order valence-electron chi connectivity index (χ3n) is 3.38. The summed E-state index contributed by atoms with van der Waals surface area (Å²) in [4.78, 5) is 15.4.